The fraction of sp³-hybridized carbons (Fsp3) is 1.00. The highest BCUT2D eigenvalue weighted by atomic mass is 79.9. The molecule has 2 nitrogen and oxygen atoms in total. The third-order valence-electron chi connectivity index (χ3n) is 1.54. The molecular formula is C6H15BrNOPS2. The number of hydrogen-bond acceptors (Lipinski definition) is 2. The van der Waals surface area contributed by atoms with E-state index >= 15 is 0 Å². The van der Waals surface area contributed by atoms with Crippen LogP contribution in [-0.4, -0.2) is 16.8 Å². The lowest BCUT2D eigenvalue weighted by molar-refractivity contribution is 0.542. The lowest BCUT2D eigenvalue weighted by atomic mass is 10.3. The number of unbranched alkanes of at least 4 members (excludes halogenated alkanes) is 1. The van der Waals surface area contributed by atoms with E-state index in [0.717, 1.165) is 19.4 Å². The van der Waals surface area contributed by atoms with E-state index in [1.54, 1.807) is 0 Å². The van der Waals surface area contributed by atoms with Crippen molar-refractivity contribution in [1.29, 1.82) is 0 Å². The zero-order valence-corrected chi connectivity index (χ0v) is 11.6. The molecule has 0 bridgehead atoms. The highest BCUT2D eigenvalue weighted by Gasteiger charge is 2.23. The van der Waals surface area contributed by atoms with E-state index in [2.05, 4.69) is 34.0 Å². The van der Waals surface area contributed by atoms with Gasteiger partial charge >= 0.3 is 0 Å². The molecule has 0 heterocycles. The molecule has 0 aliphatic rings. The molecule has 0 fully saturated rings. The van der Waals surface area contributed by atoms with Crippen LogP contribution in [0.2, 0.25) is 0 Å². The molecule has 0 N–H and O–H groups in total. The molecule has 0 amide bonds. The quantitative estimate of drug-likeness (QED) is 0.450. The molecule has 6 heteroatoms. The second kappa shape index (κ2) is 6.77. The van der Waals surface area contributed by atoms with Crippen LogP contribution < -0.4 is 0 Å². The van der Waals surface area contributed by atoms with Gasteiger partial charge in [-0.1, -0.05) is 32.5 Å². The van der Waals surface area contributed by atoms with Crippen LogP contribution in [0.4, 0.5) is 0 Å². The molecule has 74 valence electrons. The SMILES string of the molecule is CCCCN(SBr)P(=O)(S)CC. The highest BCUT2D eigenvalue weighted by Crippen LogP contribution is 2.58. The Labute approximate surface area is 91.8 Å². The van der Waals surface area contributed by atoms with Crippen LogP contribution in [0.3, 0.4) is 0 Å². The predicted molar refractivity (Wildman–Crippen MR) is 65.3 cm³/mol. The molecule has 0 radical (unpaired) electrons. The molecule has 0 saturated carbocycles. The molecule has 0 spiro atoms. The van der Waals surface area contributed by atoms with Crippen molar-refractivity contribution >= 4 is 43.9 Å². The maximum absolute atomic E-state index is 11.8. The summed E-state index contributed by atoms with van der Waals surface area (Å²) in [6.07, 6.45) is 2.78. The number of hydrogen-bond donors (Lipinski definition) is 1. The van der Waals surface area contributed by atoms with E-state index in [0.29, 0.717) is 6.16 Å². The third kappa shape index (κ3) is 4.56. The first-order valence-corrected chi connectivity index (χ1v) is 9.58. The van der Waals surface area contributed by atoms with Gasteiger partial charge in [0.1, 0.15) is 0 Å². The number of halogens is 1. The van der Waals surface area contributed by atoms with Crippen LogP contribution in [0.25, 0.3) is 0 Å². The molecule has 0 aromatic rings. The largest absolute Gasteiger partial charge is 0.294 e. The van der Waals surface area contributed by atoms with E-state index in [4.69, 9.17) is 0 Å². The van der Waals surface area contributed by atoms with Gasteiger partial charge in [0.25, 0.3) is 0 Å². The normalized spacial score (nSPS) is 16.4. The Morgan fingerprint density at radius 3 is 2.50 bits per heavy atom. The van der Waals surface area contributed by atoms with Crippen molar-refractivity contribution < 1.29 is 4.57 Å². The van der Waals surface area contributed by atoms with E-state index in [1.807, 2.05) is 11.0 Å². The van der Waals surface area contributed by atoms with Gasteiger partial charge in [0.2, 0.25) is 6.49 Å². The Hall–Kier alpha value is 1.37. The molecule has 0 rings (SSSR count). The van der Waals surface area contributed by atoms with Crippen molar-refractivity contribution in [3.63, 3.8) is 0 Å². The molecule has 0 aliphatic carbocycles. The minimum absolute atomic E-state index is 0.610. The van der Waals surface area contributed by atoms with Crippen LogP contribution in [0, 0.1) is 0 Å². The zero-order chi connectivity index (χ0) is 9.61. The van der Waals surface area contributed by atoms with Crippen molar-refractivity contribution in [3.8, 4) is 0 Å². The summed E-state index contributed by atoms with van der Waals surface area (Å²) >= 11 is 7.41. The lowest BCUT2D eigenvalue weighted by Gasteiger charge is -2.23. The molecule has 0 aromatic carbocycles. The summed E-state index contributed by atoms with van der Waals surface area (Å²) in [4.78, 5) is 0. The van der Waals surface area contributed by atoms with Crippen molar-refractivity contribution in [2.24, 2.45) is 0 Å². The van der Waals surface area contributed by atoms with E-state index in [1.165, 1.54) is 10.4 Å². The Morgan fingerprint density at radius 2 is 2.17 bits per heavy atom. The minimum Gasteiger partial charge on any atom is -0.294 e. The Kier molecular flexibility index (Phi) is 7.54. The molecule has 1 atom stereocenters. The minimum atomic E-state index is -2.37. The summed E-state index contributed by atoms with van der Waals surface area (Å²) < 4.78 is 13.6. The fourth-order valence-electron chi connectivity index (χ4n) is 0.690. The second-order valence-corrected chi connectivity index (χ2v) is 8.52. The van der Waals surface area contributed by atoms with E-state index in [-0.39, 0.29) is 0 Å². The monoisotopic (exact) mass is 291 g/mol. The van der Waals surface area contributed by atoms with Crippen LogP contribution in [0.5, 0.6) is 0 Å². The molecule has 0 aliphatic heterocycles. The lowest BCUT2D eigenvalue weighted by Crippen LogP contribution is -2.10. The van der Waals surface area contributed by atoms with Gasteiger partial charge in [-0.2, -0.15) is 4.08 Å². The summed E-state index contributed by atoms with van der Waals surface area (Å²) in [5, 5.41) is 0. The fourth-order valence-corrected chi connectivity index (χ4v) is 6.20. The summed E-state index contributed by atoms with van der Waals surface area (Å²) in [7, 11) is 1.35. The van der Waals surface area contributed by atoms with Crippen molar-refractivity contribution in [3.05, 3.63) is 0 Å². The summed E-state index contributed by atoms with van der Waals surface area (Å²) in [5.41, 5.74) is 0. The molecule has 0 aromatic heterocycles. The van der Waals surface area contributed by atoms with Crippen LogP contribution in [0.1, 0.15) is 26.7 Å². The standard InChI is InChI=1S/C6H15BrNOPS2/c1-3-5-6-8(12-7)10(9,11)4-2/h3-6H2,1-2H3,(H,9,11). The van der Waals surface area contributed by atoms with Gasteiger partial charge in [-0.05, 0) is 6.42 Å². The summed E-state index contributed by atoms with van der Waals surface area (Å²) in [6.45, 7) is 2.48. The number of thiol groups is 1. The molecule has 1 unspecified atom stereocenters. The number of nitrogens with zero attached hydrogens (tertiary/aromatic N) is 1. The topological polar surface area (TPSA) is 20.3 Å². The van der Waals surface area contributed by atoms with Gasteiger partial charge in [-0.25, -0.2) is 0 Å². The van der Waals surface area contributed by atoms with Gasteiger partial charge < -0.3 is 0 Å². The van der Waals surface area contributed by atoms with Gasteiger partial charge in [0, 0.05) is 37.9 Å². The Bertz CT molecular complexity index is 170. The van der Waals surface area contributed by atoms with Gasteiger partial charge in [0.15, 0.2) is 0 Å². The van der Waals surface area contributed by atoms with E-state index in [9.17, 15) is 4.57 Å². The predicted octanol–water partition coefficient (Wildman–Crippen LogP) is 4.19. The molecule has 12 heavy (non-hydrogen) atoms. The first-order chi connectivity index (χ1) is 5.58. The molecule has 0 saturated heterocycles. The summed E-state index contributed by atoms with van der Waals surface area (Å²) in [6, 6.07) is 0. The smallest absolute Gasteiger partial charge is 0.210 e. The van der Waals surface area contributed by atoms with Crippen LogP contribution in [-0.2, 0) is 4.57 Å². The van der Waals surface area contributed by atoms with Gasteiger partial charge in [-0.3, -0.25) is 4.57 Å². The maximum Gasteiger partial charge on any atom is 0.210 e. The van der Waals surface area contributed by atoms with E-state index < -0.39 is 6.49 Å². The average Bonchev–Trinajstić information content (AvgIpc) is 2.05. The Morgan fingerprint density at radius 1 is 1.58 bits per heavy atom. The van der Waals surface area contributed by atoms with Crippen molar-refractivity contribution in [2.75, 3.05) is 12.7 Å². The van der Waals surface area contributed by atoms with Crippen molar-refractivity contribution in [2.45, 2.75) is 26.7 Å². The third-order valence-corrected chi connectivity index (χ3v) is 8.22. The summed E-state index contributed by atoms with van der Waals surface area (Å²) in [5.74, 6) is 0. The van der Waals surface area contributed by atoms with Gasteiger partial charge in [0.05, 0.1) is 0 Å². The molecular weight excluding hydrogens is 277 g/mol. The zero-order valence-electron chi connectivity index (χ0n) is 7.36. The van der Waals surface area contributed by atoms with Gasteiger partial charge in [-0.15, -0.1) is 0 Å². The number of rotatable bonds is 6. The Balaban J connectivity index is 4.05. The maximum atomic E-state index is 11.8. The van der Waals surface area contributed by atoms with Crippen molar-refractivity contribution in [1.82, 2.24) is 4.08 Å². The van der Waals surface area contributed by atoms with Crippen LogP contribution >= 0.6 is 43.9 Å². The first kappa shape index (κ1) is 13.4. The van der Waals surface area contributed by atoms with Crippen LogP contribution in [0.15, 0.2) is 0 Å². The highest BCUT2D eigenvalue weighted by molar-refractivity contribution is 9.50. The first-order valence-electron chi connectivity index (χ1n) is 3.97. The second-order valence-electron chi connectivity index (χ2n) is 2.48. The average molecular weight is 292 g/mol.